The molecule has 0 aliphatic heterocycles. The van der Waals surface area contributed by atoms with Crippen molar-refractivity contribution < 1.29 is 43.5 Å². The number of rotatable bonds is 35. The number of unbranched alkanes of at least 4 members (excludes halogenated alkanes) is 1. The predicted molar refractivity (Wildman–Crippen MR) is 302 cm³/mol. The van der Waals surface area contributed by atoms with E-state index in [0.29, 0.717) is 49.8 Å². The maximum Gasteiger partial charge on any atom is 0.326 e. The lowest BCUT2D eigenvalue weighted by Crippen LogP contribution is -2.61. The molecule has 22 heteroatoms. The number of fused-ring (bicyclic) bond motifs is 1. The summed E-state index contributed by atoms with van der Waals surface area (Å²) in [5.74, 6) is -7.09. The Hall–Kier alpha value is -7.07. The van der Waals surface area contributed by atoms with Gasteiger partial charge < -0.3 is 70.2 Å². The summed E-state index contributed by atoms with van der Waals surface area (Å²) in [6, 6.07) is 6.79. The number of aromatic nitrogens is 1. The van der Waals surface area contributed by atoms with Crippen molar-refractivity contribution in [3.8, 4) is 0 Å². The fraction of sp³-hybridized carbons (Fsp3) is 0.589. The van der Waals surface area contributed by atoms with Crippen LogP contribution in [0.25, 0.3) is 10.9 Å². The number of carboxylic acid groups (broad SMARTS) is 1. The third-order valence-corrected chi connectivity index (χ3v) is 13.8. The van der Waals surface area contributed by atoms with E-state index in [1.54, 1.807) is 57.3 Å². The number of aromatic amines is 1. The molecule has 0 bridgehead atoms. The molecule has 1 aromatic heterocycles. The van der Waals surface area contributed by atoms with Crippen molar-refractivity contribution in [2.24, 2.45) is 51.6 Å². The Bertz CT molecular complexity index is 2440. The first-order chi connectivity index (χ1) is 37.0. The van der Waals surface area contributed by atoms with E-state index in [9.17, 15) is 43.5 Å². The maximum absolute atomic E-state index is 14.8. The zero-order chi connectivity index (χ0) is 58.1. The number of guanidine groups is 1. The fourth-order valence-electron chi connectivity index (χ4n) is 8.89. The number of nitrogens with two attached hydrogens (primary N) is 4. The summed E-state index contributed by atoms with van der Waals surface area (Å²) in [7, 11) is 0. The Morgan fingerprint density at radius 2 is 1.05 bits per heavy atom. The molecule has 0 fully saturated rings. The monoisotopic (exact) mass is 1090 g/mol. The molecule has 0 unspecified atom stereocenters. The van der Waals surface area contributed by atoms with Gasteiger partial charge in [-0.2, -0.15) is 0 Å². The van der Waals surface area contributed by atoms with Gasteiger partial charge in [-0.15, -0.1) is 0 Å². The first-order valence-corrected chi connectivity index (χ1v) is 27.4. The molecule has 432 valence electrons. The molecule has 1 heterocycles. The average molecular weight is 1090 g/mol. The van der Waals surface area contributed by atoms with Crippen LogP contribution in [0.4, 0.5) is 0 Å². The molecular weight excluding hydrogens is 999 g/mol. The molecule has 7 amide bonds. The molecule has 3 aromatic rings. The van der Waals surface area contributed by atoms with Gasteiger partial charge in [-0.25, -0.2) is 4.79 Å². The number of para-hydroxylation sites is 1. The molecule has 0 radical (unpaired) electrons. The smallest absolute Gasteiger partial charge is 0.326 e. The van der Waals surface area contributed by atoms with Gasteiger partial charge in [-0.1, -0.05) is 117 Å². The van der Waals surface area contributed by atoms with Crippen LogP contribution in [0.1, 0.15) is 124 Å². The van der Waals surface area contributed by atoms with Crippen LogP contribution in [0.5, 0.6) is 0 Å². The second-order valence-electron chi connectivity index (χ2n) is 21.2. The molecule has 0 saturated heterocycles. The molecule has 17 N–H and O–H groups in total. The third-order valence-electron chi connectivity index (χ3n) is 13.8. The zero-order valence-corrected chi connectivity index (χ0v) is 46.9. The van der Waals surface area contributed by atoms with Crippen LogP contribution in [0.2, 0.25) is 0 Å². The van der Waals surface area contributed by atoms with E-state index in [1.165, 1.54) is 0 Å². The van der Waals surface area contributed by atoms with E-state index in [1.807, 2.05) is 58.9 Å². The first-order valence-electron chi connectivity index (χ1n) is 27.4. The van der Waals surface area contributed by atoms with Crippen molar-refractivity contribution in [1.29, 1.82) is 0 Å². The summed E-state index contributed by atoms with van der Waals surface area (Å²) in [6.45, 7) is 15.1. The van der Waals surface area contributed by atoms with E-state index in [0.717, 1.165) is 10.9 Å². The lowest BCUT2D eigenvalue weighted by Gasteiger charge is -2.30. The Labute approximate surface area is 459 Å². The number of carboxylic acids is 1. The van der Waals surface area contributed by atoms with Crippen LogP contribution >= 0.6 is 0 Å². The number of nitrogens with zero attached hydrogens (tertiary/aromatic N) is 1. The SMILES string of the molecule is CC[C@H](C)[C@H](NC(=O)[C@H](CCCN=C(N)N)NC(=O)[C@H](Cc1c[nH]c2ccccc12)NC(=O)[C@@H](NC(=O)[C@H](Cc1ccccc1)NC(=O)[C@H](CCCCN)NC(=O)[C@H](CC(C)C)NC(=O)[C@@H](N)CC(C)C)[C@@H](C)CC)C(=O)O. The van der Waals surface area contributed by atoms with Gasteiger partial charge in [-0.05, 0) is 92.4 Å². The average Bonchev–Trinajstić information content (AvgIpc) is 3.80. The summed E-state index contributed by atoms with van der Waals surface area (Å²) >= 11 is 0. The molecule has 0 aliphatic carbocycles. The number of hydrogen-bond acceptors (Lipinski definition) is 11. The number of carbonyl (C=O) groups is 8. The van der Waals surface area contributed by atoms with Crippen LogP contribution in [0.15, 0.2) is 65.8 Å². The number of nitrogens with one attached hydrogen (secondary N) is 8. The lowest BCUT2D eigenvalue weighted by molar-refractivity contribution is -0.144. The topological polar surface area (TPSA) is 373 Å². The van der Waals surface area contributed by atoms with Crippen LogP contribution in [-0.4, -0.2) is 125 Å². The summed E-state index contributed by atoms with van der Waals surface area (Å²) in [5.41, 5.74) is 25.2. The van der Waals surface area contributed by atoms with Crippen LogP contribution in [0, 0.1) is 23.7 Å². The highest BCUT2D eigenvalue weighted by Gasteiger charge is 2.37. The van der Waals surface area contributed by atoms with Gasteiger partial charge in [0.15, 0.2) is 5.96 Å². The lowest BCUT2D eigenvalue weighted by atomic mass is 9.95. The number of hydrogen-bond donors (Lipinski definition) is 13. The molecule has 78 heavy (non-hydrogen) atoms. The van der Waals surface area contributed by atoms with E-state index in [-0.39, 0.29) is 62.9 Å². The van der Waals surface area contributed by atoms with E-state index in [2.05, 4.69) is 47.2 Å². The zero-order valence-electron chi connectivity index (χ0n) is 46.9. The normalized spacial score (nSPS) is 15.2. The fourth-order valence-corrected chi connectivity index (χ4v) is 8.89. The number of aliphatic imine (C=N–C) groups is 1. The van der Waals surface area contributed by atoms with Crippen LogP contribution in [0.3, 0.4) is 0 Å². The number of aliphatic carboxylic acids is 1. The largest absolute Gasteiger partial charge is 0.480 e. The van der Waals surface area contributed by atoms with Crippen LogP contribution < -0.4 is 60.2 Å². The van der Waals surface area contributed by atoms with Crippen molar-refractivity contribution >= 4 is 64.2 Å². The van der Waals surface area contributed by atoms with Crippen LogP contribution in [-0.2, 0) is 51.2 Å². The van der Waals surface area contributed by atoms with E-state index >= 15 is 0 Å². The van der Waals surface area contributed by atoms with Gasteiger partial charge >= 0.3 is 5.97 Å². The molecular formula is C56H89N13O9. The predicted octanol–water partition coefficient (Wildman–Crippen LogP) is 2.13. The molecule has 0 spiro atoms. The highest BCUT2D eigenvalue weighted by Crippen LogP contribution is 2.21. The minimum atomic E-state index is -1.36. The third kappa shape index (κ3) is 21.8. The van der Waals surface area contributed by atoms with E-state index < -0.39 is 107 Å². The summed E-state index contributed by atoms with van der Waals surface area (Å²) < 4.78 is 0. The standard InChI is InChI=1S/C56H89N13O9/c1-9-34(7)46(54(76)67-45(30-37-31-62-40-22-15-14-21-38(37)40)52(74)64-42(24-18-26-61-56(59)60)50(72)69-47(55(77)78)35(8)10-2)68-53(75)44(29-36-19-12-11-13-20-36)66-49(71)41(23-16-17-25-57)63-51(73)43(28-33(5)6)65-48(70)39(58)27-32(3)4/h11-15,19-22,31-35,39,41-47,62H,9-10,16-18,23-30,57-58H2,1-8H3,(H,63,73)(H,64,74)(H,65,70)(H,66,71)(H,67,76)(H,68,75)(H,69,72)(H,77,78)(H4,59,60,61)/t34-,35-,39-,41-,42-,43-,44-,45-,46-,47-/m0/s1. The van der Waals surface area contributed by atoms with Gasteiger partial charge in [0.25, 0.3) is 0 Å². The molecule has 22 nitrogen and oxygen atoms in total. The van der Waals surface area contributed by atoms with Gasteiger partial charge in [0.1, 0.15) is 42.3 Å². The number of benzene rings is 2. The number of H-pyrrole nitrogens is 1. The maximum atomic E-state index is 14.8. The van der Waals surface area contributed by atoms with Gasteiger partial charge in [0.05, 0.1) is 6.04 Å². The molecule has 0 aliphatic rings. The second kappa shape index (κ2) is 33.3. The van der Waals surface area contributed by atoms with Crippen molar-refractivity contribution in [3.63, 3.8) is 0 Å². The summed E-state index contributed by atoms with van der Waals surface area (Å²) in [4.78, 5) is 119. The Balaban J connectivity index is 2.03. The van der Waals surface area contributed by atoms with Crippen molar-refractivity contribution in [1.82, 2.24) is 42.2 Å². The van der Waals surface area contributed by atoms with Gasteiger partial charge in [0.2, 0.25) is 41.4 Å². The van der Waals surface area contributed by atoms with Gasteiger partial charge in [0, 0.05) is 36.5 Å². The highest BCUT2D eigenvalue weighted by molar-refractivity contribution is 5.98. The minimum absolute atomic E-state index is 0.00514. The minimum Gasteiger partial charge on any atom is -0.480 e. The molecule has 0 saturated carbocycles. The highest BCUT2D eigenvalue weighted by atomic mass is 16.4. The van der Waals surface area contributed by atoms with E-state index in [4.69, 9.17) is 22.9 Å². The summed E-state index contributed by atoms with van der Waals surface area (Å²) in [5, 5.41) is 30.3. The van der Waals surface area contributed by atoms with Gasteiger partial charge in [-0.3, -0.25) is 38.6 Å². The molecule has 2 aromatic carbocycles. The molecule has 10 atom stereocenters. The first kappa shape index (κ1) is 65.2. The Kier molecular flexibility index (Phi) is 27.8. The summed E-state index contributed by atoms with van der Waals surface area (Å²) in [6.07, 6.45) is 4.43. The number of amides is 7. The van der Waals surface area contributed by atoms with Crippen molar-refractivity contribution in [3.05, 3.63) is 71.9 Å². The Morgan fingerprint density at radius 1 is 0.564 bits per heavy atom. The molecule has 3 rings (SSSR count). The number of carbonyl (C=O) groups excluding carboxylic acids is 7. The Morgan fingerprint density at radius 3 is 1.64 bits per heavy atom. The quantitative estimate of drug-likeness (QED) is 0.0228. The van der Waals surface area contributed by atoms with Crippen molar-refractivity contribution in [2.75, 3.05) is 13.1 Å². The second-order valence-corrected chi connectivity index (χ2v) is 21.2. The van der Waals surface area contributed by atoms with Crippen molar-refractivity contribution in [2.45, 2.75) is 174 Å².